The van der Waals surface area contributed by atoms with E-state index in [-0.39, 0.29) is 0 Å². The average Bonchev–Trinajstić information content (AvgIpc) is 2.43. The molecule has 0 aliphatic heterocycles. The molecule has 100 valence electrons. The normalized spacial score (nSPS) is 10.5. The van der Waals surface area contributed by atoms with Crippen LogP contribution < -0.4 is 10.6 Å². The Morgan fingerprint density at radius 2 is 1.79 bits per heavy atom. The molecule has 2 N–H and O–H groups in total. The fourth-order valence-electron chi connectivity index (χ4n) is 2.06. The Balaban J connectivity index is 2.18. The van der Waals surface area contributed by atoms with Crippen LogP contribution in [0.15, 0.2) is 42.5 Å². The molecule has 2 rings (SSSR count). The Hall–Kier alpha value is -1.67. The van der Waals surface area contributed by atoms with Crippen LogP contribution in [0.5, 0.6) is 0 Å². The van der Waals surface area contributed by atoms with Gasteiger partial charge in [-0.25, -0.2) is 0 Å². The second-order valence-corrected chi connectivity index (χ2v) is 5.09. The summed E-state index contributed by atoms with van der Waals surface area (Å²) in [5.74, 6) is 0. The number of benzene rings is 2. The summed E-state index contributed by atoms with van der Waals surface area (Å²) in [5, 5.41) is 0.719. The van der Waals surface area contributed by atoms with E-state index < -0.39 is 0 Å². The highest BCUT2D eigenvalue weighted by molar-refractivity contribution is 6.31. The molecule has 19 heavy (non-hydrogen) atoms. The van der Waals surface area contributed by atoms with Gasteiger partial charge in [-0.1, -0.05) is 36.7 Å². The van der Waals surface area contributed by atoms with Gasteiger partial charge in [0.2, 0.25) is 0 Å². The van der Waals surface area contributed by atoms with Crippen molar-refractivity contribution in [1.82, 2.24) is 0 Å². The number of nitrogen functional groups attached to an aromatic ring is 1. The molecular formula is C16H19ClN2. The van der Waals surface area contributed by atoms with Crippen molar-refractivity contribution < 1.29 is 0 Å². The van der Waals surface area contributed by atoms with Crippen molar-refractivity contribution in [3.8, 4) is 0 Å². The largest absolute Gasteiger partial charge is 0.398 e. The van der Waals surface area contributed by atoms with Crippen molar-refractivity contribution in [2.24, 2.45) is 0 Å². The van der Waals surface area contributed by atoms with Gasteiger partial charge in [-0.2, -0.15) is 0 Å². The molecule has 0 bridgehead atoms. The quantitative estimate of drug-likeness (QED) is 0.850. The van der Waals surface area contributed by atoms with Gasteiger partial charge in [-0.05, 0) is 36.2 Å². The molecule has 2 aromatic rings. The summed E-state index contributed by atoms with van der Waals surface area (Å²) in [4.78, 5) is 2.15. The van der Waals surface area contributed by atoms with Crippen LogP contribution in [0.1, 0.15) is 18.1 Å². The number of rotatable bonds is 4. The lowest BCUT2D eigenvalue weighted by molar-refractivity contribution is 0.924. The minimum Gasteiger partial charge on any atom is -0.398 e. The Morgan fingerprint density at radius 1 is 1.11 bits per heavy atom. The monoisotopic (exact) mass is 274 g/mol. The average molecular weight is 275 g/mol. The zero-order chi connectivity index (χ0) is 13.8. The number of aryl methyl sites for hydroxylation is 1. The highest BCUT2D eigenvalue weighted by Gasteiger charge is 2.08. The number of hydrogen-bond acceptors (Lipinski definition) is 2. The van der Waals surface area contributed by atoms with Gasteiger partial charge in [0.05, 0.1) is 0 Å². The smallest absolute Gasteiger partial charge is 0.0476 e. The van der Waals surface area contributed by atoms with Crippen molar-refractivity contribution in [2.75, 3.05) is 17.7 Å². The molecule has 2 nitrogen and oxygen atoms in total. The van der Waals surface area contributed by atoms with Gasteiger partial charge in [-0.3, -0.25) is 0 Å². The molecule has 2 aromatic carbocycles. The zero-order valence-corrected chi connectivity index (χ0v) is 12.1. The molecule has 0 aliphatic carbocycles. The van der Waals surface area contributed by atoms with E-state index in [1.807, 2.05) is 25.2 Å². The van der Waals surface area contributed by atoms with Gasteiger partial charge in [0.15, 0.2) is 0 Å². The van der Waals surface area contributed by atoms with E-state index in [0.29, 0.717) is 6.54 Å². The molecule has 0 radical (unpaired) electrons. The summed E-state index contributed by atoms with van der Waals surface area (Å²) in [6.45, 7) is 2.86. The third-order valence-corrected chi connectivity index (χ3v) is 3.69. The van der Waals surface area contributed by atoms with Crippen LogP contribution in [0.3, 0.4) is 0 Å². The van der Waals surface area contributed by atoms with E-state index in [4.69, 9.17) is 17.3 Å². The lowest BCUT2D eigenvalue weighted by Crippen LogP contribution is -2.17. The summed E-state index contributed by atoms with van der Waals surface area (Å²) >= 11 is 6.20. The van der Waals surface area contributed by atoms with E-state index in [2.05, 4.69) is 36.1 Å². The molecule has 0 saturated carbocycles. The summed E-state index contributed by atoms with van der Waals surface area (Å²) in [6, 6.07) is 14.2. The van der Waals surface area contributed by atoms with Gasteiger partial charge in [0.1, 0.15) is 0 Å². The molecule has 0 saturated heterocycles. The standard InChI is InChI=1S/C16H19ClN2/c1-3-12-7-9-13(10-8-12)19(2)11-14-15(17)5-4-6-16(14)18/h4-10H,3,11,18H2,1-2H3. The van der Waals surface area contributed by atoms with Gasteiger partial charge < -0.3 is 10.6 Å². The van der Waals surface area contributed by atoms with E-state index in [1.165, 1.54) is 5.56 Å². The van der Waals surface area contributed by atoms with Crippen molar-refractivity contribution in [1.29, 1.82) is 0 Å². The molecule has 0 heterocycles. The minimum absolute atomic E-state index is 0.705. The number of hydrogen-bond donors (Lipinski definition) is 1. The number of nitrogens with zero attached hydrogens (tertiary/aromatic N) is 1. The lowest BCUT2D eigenvalue weighted by atomic mass is 10.1. The highest BCUT2D eigenvalue weighted by Crippen LogP contribution is 2.25. The summed E-state index contributed by atoms with van der Waals surface area (Å²) in [6.07, 6.45) is 1.06. The van der Waals surface area contributed by atoms with Gasteiger partial charge in [-0.15, -0.1) is 0 Å². The Kier molecular flexibility index (Phi) is 4.33. The Morgan fingerprint density at radius 3 is 2.37 bits per heavy atom. The SMILES string of the molecule is CCc1ccc(N(C)Cc2c(N)cccc2Cl)cc1. The lowest BCUT2D eigenvalue weighted by Gasteiger charge is -2.21. The van der Waals surface area contributed by atoms with Crippen molar-refractivity contribution in [3.63, 3.8) is 0 Å². The maximum absolute atomic E-state index is 6.20. The number of halogens is 1. The molecule has 0 aromatic heterocycles. The first kappa shape index (κ1) is 13.8. The van der Waals surface area contributed by atoms with E-state index in [1.54, 1.807) is 0 Å². The van der Waals surface area contributed by atoms with Crippen LogP contribution >= 0.6 is 11.6 Å². The van der Waals surface area contributed by atoms with Gasteiger partial charge >= 0.3 is 0 Å². The first-order valence-corrected chi connectivity index (χ1v) is 6.82. The molecule has 0 atom stereocenters. The summed E-state index contributed by atoms with van der Waals surface area (Å²) in [7, 11) is 2.05. The minimum atomic E-state index is 0.705. The van der Waals surface area contributed by atoms with Crippen LogP contribution in [0.25, 0.3) is 0 Å². The van der Waals surface area contributed by atoms with Crippen LogP contribution in [-0.2, 0) is 13.0 Å². The van der Waals surface area contributed by atoms with E-state index in [9.17, 15) is 0 Å². The summed E-state index contributed by atoms with van der Waals surface area (Å²) < 4.78 is 0. The van der Waals surface area contributed by atoms with E-state index >= 15 is 0 Å². The molecule has 0 amide bonds. The molecule has 0 aliphatic rings. The summed E-state index contributed by atoms with van der Waals surface area (Å²) in [5.41, 5.74) is 10.2. The van der Waals surface area contributed by atoms with Crippen LogP contribution in [0.2, 0.25) is 5.02 Å². The van der Waals surface area contributed by atoms with E-state index in [0.717, 1.165) is 28.4 Å². The maximum Gasteiger partial charge on any atom is 0.0476 e. The number of anilines is 2. The molecular weight excluding hydrogens is 256 g/mol. The van der Waals surface area contributed by atoms with Gasteiger partial charge in [0, 0.05) is 35.6 Å². The first-order valence-electron chi connectivity index (χ1n) is 6.44. The second-order valence-electron chi connectivity index (χ2n) is 4.68. The molecule has 0 fully saturated rings. The fraction of sp³-hybridized carbons (Fsp3) is 0.250. The van der Waals surface area contributed by atoms with Crippen molar-refractivity contribution in [3.05, 3.63) is 58.6 Å². The Bertz CT molecular complexity index is 529. The fourth-order valence-corrected chi connectivity index (χ4v) is 2.30. The first-order chi connectivity index (χ1) is 9.11. The second kappa shape index (κ2) is 5.98. The predicted octanol–water partition coefficient (Wildman–Crippen LogP) is 4.12. The molecule has 0 unspecified atom stereocenters. The third-order valence-electron chi connectivity index (χ3n) is 3.34. The number of nitrogens with two attached hydrogens (primary N) is 1. The van der Waals surface area contributed by atoms with Gasteiger partial charge in [0.25, 0.3) is 0 Å². The maximum atomic E-state index is 6.20. The van der Waals surface area contributed by atoms with Crippen LogP contribution in [0.4, 0.5) is 11.4 Å². The third kappa shape index (κ3) is 3.21. The Labute approximate surface area is 119 Å². The molecule has 0 spiro atoms. The van der Waals surface area contributed by atoms with Crippen molar-refractivity contribution >= 4 is 23.0 Å². The van der Waals surface area contributed by atoms with Crippen LogP contribution in [-0.4, -0.2) is 7.05 Å². The van der Waals surface area contributed by atoms with Crippen molar-refractivity contribution in [2.45, 2.75) is 19.9 Å². The zero-order valence-electron chi connectivity index (χ0n) is 11.4. The van der Waals surface area contributed by atoms with Crippen LogP contribution in [0, 0.1) is 0 Å². The highest BCUT2D eigenvalue weighted by atomic mass is 35.5. The topological polar surface area (TPSA) is 29.3 Å². The predicted molar refractivity (Wildman–Crippen MR) is 83.8 cm³/mol. The molecule has 3 heteroatoms.